The molecule has 3 saturated heterocycles. The van der Waals surface area contributed by atoms with E-state index in [2.05, 4.69) is 25.8 Å². The summed E-state index contributed by atoms with van der Waals surface area (Å²) in [6.07, 6.45) is 5.83. The molecule has 0 saturated carbocycles. The van der Waals surface area contributed by atoms with Gasteiger partial charge in [0.2, 0.25) is 5.88 Å². The van der Waals surface area contributed by atoms with Crippen LogP contribution in [0.2, 0.25) is 0 Å². The van der Waals surface area contributed by atoms with Crippen LogP contribution in [0.25, 0.3) is 32.9 Å². The van der Waals surface area contributed by atoms with E-state index in [-0.39, 0.29) is 95.9 Å². The Kier molecular flexibility index (Phi) is 8.43. The molecule has 2 aromatic heterocycles. The fraction of sp³-hybridized carbons (Fsp3) is 0.457. The molecule has 3 aliphatic heterocycles. The van der Waals surface area contributed by atoms with Crippen molar-refractivity contribution in [2.24, 2.45) is 0 Å². The Balaban J connectivity index is 1.46. The Morgan fingerprint density at radius 2 is 1.98 bits per heavy atom. The van der Waals surface area contributed by atoms with Crippen LogP contribution in [0.1, 0.15) is 31.7 Å². The van der Waals surface area contributed by atoms with Gasteiger partial charge in [0.15, 0.2) is 5.82 Å². The fourth-order valence-corrected chi connectivity index (χ4v) is 7.51. The molecule has 14 heteroatoms. The lowest BCUT2D eigenvalue weighted by atomic mass is 9.95. The maximum atomic E-state index is 17.1. The molecular formula is C35H36F3N5O6. The zero-order valence-electron chi connectivity index (χ0n) is 27.0. The number of halogens is 3. The number of aliphatic hydroxyl groups is 2. The van der Waals surface area contributed by atoms with Gasteiger partial charge in [0, 0.05) is 30.5 Å². The van der Waals surface area contributed by atoms with Gasteiger partial charge < -0.3 is 34.4 Å². The number of benzene rings is 2. The van der Waals surface area contributed by atoms with Crippen LogP contribution >= 0.6 is 0 Å². The highest BCUT2D eigenvalue weighted by Gasteiger charge is 2.49. The van der Waals surface area contributed by atoms with Crippen LogP contribution in [0.4, 0.5) is 19.0 Å². The number of methoxy groups -OCH3 is 1. The third-order valence-corrected chi connectivity index (χ3v) is 9.68. The lowest BCUT2D eigenvalue weighted by Gasteiger charge is -2.32. The Morgan fingerprint density at radius 3 is 2.73 bits per heavy atom. The highest BCUT2D eigenvalue weighted by atomic mass is 19.1. The average molecular weight is 680 g/mol. The number of aromatic hydroxyl groups is 1. The Hall–Kier alpha value is -4.42. The van der Waals surface area contributed by atoms with E-state index in [0.717, 1.165) is 19.0 Å². The van der Waals surface area contributed by atoms with Gasteiger partial charge in [-0.1, -0.05) is 12.0 Å². The third-order valence-electron chi connectivity index (χ3n) is 9.68. The van der Waals surface area contributed by atoms with Crippen LogP contribution in [0.15, 0.2) is 24.3 Å². The first-order chi connectivity index (χ1) is 23.5. The Labute approximate surface area is 280 Å². The number of aliphatic hydroxyl groups excluding tert-OH is 1. The first kappa shape index (κ1) is 33.1. The monoisotopic (exact) mass is 679 g/mol. The fourth-order valence-electron chi connectivity index (χ4n) is 7.51. The largest absolute Gasteiger partial charge is 0.508 e. The number of aromatic nitrogens is 3. The van der Waals surface area contributed by atoms with Gasteiger partial charge in [-0.2, -0.15) is 9.97 Å². The summed E-state index contributed by atoms with van der Waals surface area (Å²) in [4.78, 5) is 17.3. The van der Waals surface area contributed by atoms with Crippen LogP contribution in [-0.4, -0.2) is 112 Å². The summed E-state index contributed by atoms with van der Waals surface area (Å²) >= 11 is 0. The molecule has 3 N–H and O–H groups in total. The number of pyridine rings is 1. The van der Waals surface area contributed by atoms with Crippen molar-refractivity contribution in [1.82, 2.24) is 19.9 Å². The van der Waals surface area contributed by atoms with E-state index < -0.39 is 35.1 Å². The molecule has 0 amide bonds. The van der Waals surface area contributed by atoms with Crippen molar-refractivity contribution in [3.8, 4) is 41.2 Å². The second kappa shape index (κ2) is 12.5. The molecule has 0 bridgehead atoms. The van der Waals surface area contributed by atoms with E-state index in [1.54, 1.807) is 11.8 Å². The topological polar surface area (TPSA) is 134 Å². The third kappa shape index (κ3) is 5.84. The van der Waals surface area contributed by atoms with Crippen LogP contribution in [0.5, 0.6) is 17.6 Å². The van der Waals surface area contributed by atoms with Crippen molar-refractivity contribution in [1.29, 1.82) is 0 Å². The van der Waals surface area contributed by atoms with Gasteiger partial charge in [0.05, 0.1) is 44.1 Å². The minimum atomic E-state index is -1.40. The summed E-state index contributed by atoms with van der Waals surface area (Å²) in [7, 11) is 1.32. The number of β-amino-alcohol motifs (C(OH)–C–C–N with tert-alkyl or cyclic N) is 1. The van der Waals surface area contributed by atoms with Gasteiger partial charge >= 0.3 is 6.01 Å². The highest BCUT2D eigenvalue weighted by molar-refractivity contribution is 6.04. The standard InChI is InChI=1S/C35H36F3N5O6/c1-4-23-25(37)7-6-19-10-21(45)11-24(26(19)23)29-28(38)30-27(32(39-29)47-3)31(42-14-22(15-44)48-17-34(2,46)16-42)41-33(40-30)49-18-35-8-5-9-43(35)13-20(36)12-35/h1,6-7,10-11,20,22,44-46H,5,8-9,12-18H2,2-3H3. The number of phenolic OH excluding ortho intramolecular Hbond substituents is 1. The second-order valence-corrected chi connectivity index (χ2v) is 13.4. The van der Waals surface area contributed by atoms with Crippen molar-refractivity contribution in [3.63, 3.8) is 0 Å². The summed E-state index contributed by atoms with van der Waals surface area (Å²) in [6, 6.07) is 4.97. The number of rotatable bonds is 7. The molecule has 49 heavy (non-hydrogen) atoms. The lowest BCUT2D eigenvalue weighted by molar-refractivity contribution is -0.0528. The number of hydrogen-bond acceptors (Lipinski definition) is 11. The lowest BCUT2D eigenvalue weighted by Crippen LogP contribution is -2.44. The average Bonchev–Trinajstić information content (AvgIpc) is 3.54. The summed E-state index contributed by atoms with van der Waals surface area (Å²) in [5.74, 6) is 0.369. The molecule has 4 atom stereocenters. The first-order valence-corrected chi connectivity index (χ1v) is 16.0. The zero-order chi connectivity index (χ0) is 34.7. The molecule has 0 spiro atoms. The predicted octanol–water partition coefficient (Wildman–Crippen LogP) is 3.72. The van der Waals surface area contributed by atoms with Crippen LogP contribution in [0, 0.1) is 24.0 Å². The van der Waals surface area contributed by atoms with E-state index >= 15 is 4.39 Å². The van der Waals surface area contributed by atoms with Crippen molar-refractivity contribution in [3.05, 3.63) is 41.5 Å². The van der Waals surface area contributed by atoms with Crippen molar-refractivity contribution in [2.75, 3.05) is 58.0 Å². The number of fused-ring (bicyclic) bond motifs is 3. The molecule has 4 aromatic rings. The van der Waals surface area contributed by atoms with Crippen LogP contribution in [-0.2, 0) is 4.74 Å². The second-order valence-electron chi connectivity index (χ2n) is 13.4. The van der Waals surface area contributed by atoms with Gasteiger partial charge in [-0.05, 0) is 49.9 Å². The molecule has 0 aliphatic carbocycles. The molecule has 2 aromatic carbocycles. The first-order valence-electron chi connectivity index (χ1n) is 16.0. The van der Waals surface area contributed by atoms with Crippen molar-refractivity contribution < 1.29 is 42.7 Å². The number of ether oxygens (including phenoxy) is 3. The highest BCUT2D eigenvalue weighted by Crippen LogP contribution is 2.44. The molecule has 3 fully saturated rings. The Morgan fingerprint density at radius 1 is 1.16 bits per heavy atom. The molecule has 4 unspecified atom stereocenters. The molecule has 258 valence electrons. The van der Waals surface area contributed by atoms with Gasteiger partial charge in [0.25, 0.3) is 0 Å². The molecule has 5 heterocycles. The summed E-state index contributed by atoms with van der Waals surface area (Å²) in [5.41, 5.74) is -2.73. The van der Waals surface area contributed by atoms with Crippen LogP contribution < -0.4 is 14.4 Å². The van der Waals surface area contributed by atoms with Gasteiger partial charge in [-0.25, -0.2) is 18.2 Å². The Bertz CT molecular complexity index is 1990. The van der Waals surface area contributed by atoms with Gasteiger partial charge in [0.1, 0.15) is 52.4 Å². The maximum absolute atomic E-state index is 17.1. The molecule has 3 aliphatic rings. The zero-order valence-corrected chi connectivity index (χ0v) is 27.0. The van der Waals surface area contributed by atoms with Crippen molar-refractivity contribution >= 4 is 27.5 Å². The van der Waals surface area contributed by atoms with Gasteiger partial charge in [-0.15, -0.1) is 6.42 Å². The number of nitrogens with zero attached hydrogens (tertiary/aromatic N) is 5. The minimum absolute atomic E-state index is 0.00494. The van der Waals surface area contributed by atoms with Crippen LogP contribution in [0.3, 0.4) is 0 Å². The number of alkyl halides is 1. The SMILES string of the molecule is C#Cc1c(F)ccc2cc(O)cc(-c3nc(OC)c4c(N5CC(CO)OCC(C)(O)C5)nc(OCC56CCCN5CC(F)C6)nc4c3F)c12. The van der Waals surface area contributed by atoms with E-state index in [4.69, 9.17) is 20.6 Å². The number of terminal acetylenes is 1. The summed E-state index contributed by atoms with van der Waals surface area (Å²) in [5, 5.41) is 32.3. The molecule has 0 radical (unpaired) electrons. The molecule has 7 rings (SSSR count). The summed E-state index contributed by atoms with van der Waals surface area (Å²) in [6.45, 7) is 2.21. The predicted molar refractivity (Wildman–Crippen MR) is 175 cm³/mol. The normalized spacial score (nSPS) is 25.8. The summed E-state index contributed by atoms with van der Waals surface area (Å²) < 4.78 is 64.2. The van der Waals surface area contributed by atoms with E-state index in [9.17, 15) is 24.1 Å². The van der Waals surface area contributed by atoms with Gasteiger partial charge in [-0.3, -0.25) is 4.90 Å². The van der Waals surface area contributed by atoms with E-state index in [0.29, 0.717) is 18.4 Å². The maximum Gasteiger partial charge on any atom is 0.319 e. The smallest absolute Gasteiger partial charge is 0.319 e. The number of phenols is 1. The van der Waals surface area contributed by atoms with E-state index in [1.807, 2.05) is 0 Å². The minimum Gasteiger partial charge on any atom is -0.508 e. The van der Waals surface area contributed by atoms with Crippen molar-refractivity contribution in [2.45, 2.75) is 49.6 Å². The molecule has 11 nitrogen and oxygen atoms in total. The number of hydrogen-bond donors (Lipinski definition) is 3. The quantitative estimate of drug-likeness (QED) is 0.247. The molecular weight excluding hydrogens is 643 g/mol. The number of anilines is 1. The van der Waals surface area contributed by atoms with E-state index in [1.165, 1.54) is 25.3 Å².